The molecule has 0 saturated carbocycles. The minimum Gasteiger partial charge on any atom is -0.457 e. The average Bonchev–Trinajstić information content (AvgIpc) is 3.33. The number of anilines is 1. The number of amides is 2. The zero-order valence-corrected chi connectivity index (χ0v) is 24.7. The lowest BCUT2D eigenvalue weighted by Gasteiger charge is -2.26. The topological polar surface area (TPSA) is 90.0 Å². The molecule has 1 heterocycles. The van der Waals surface area contributed by atoms with Gasteiger partial charge in [-0.05, 0) is 65.7 Å². The molecule has 5 aromatic carbocycles. The lowest BCUT2D eigenvalue weighted by Crippen LogP contribution is -2.29. The molecule has 5 aromatic rings. The Morgan fingerprint density at radius 3 is 1.82 bits per heavy atom. The van der Waals surface area contributed by atoms with Crippen molar-refractivity contribution in [3.63, 3.8) is 0 Å². The number of ether oxygens (including phenoxy) is 2. The molecular weight excluding hydrogens is 566 g/mol. The molecule has 0 saturated heterocycles. The lowest BCUT2D eigenvalue weighted by molar-refractivity contribution is 0.0474. The van der Waals surface area contributed by atoms with Crippen LogP contribution in [-0.4, -0.2) is 30.2 Å². The van der Waals surface area contributed by atoms with E-state index in [-0.39, 0.29) is 27.9 Å². The molecule has 0 radical (unpaired) electrons. The van der Waals surface area contributed by atoms with Gasteiger partial charge in [0.05, 0.1) is 22.4 Å². The quantitative estimate of drug-likeness (QED) is 0.0988. The highest BCUT2D eigenvalue weighted by Crippen LogP contribution is 2.34. The largest absolute Gasteiger partial charge is 0.457 e. The molecule has 222 valence electrons. The molecule has 1 aliphatic heterocycles. The molecule has 0 bridgehead atoms. The summed E-state index contributed by atoms with van der Waals surface area (Å²) >= 11 is 0. The van der Waals surface area contributed by atoms with Crippen LogP contribution in [0.2, 0.25) is 0 Å². The SMILES string of the molecule is CC(C)(c1ccccc1)c1ccc(Oc2ccc(N3C(=O)c4ccc(C(=O)OCC(=O)c5ccccc5)cc4C3=O)cc2)cc1. The Bertz CT molecular complexity index is 1900. The number of benzene rings is 5. The highest BCUT2D eigenvalue weighted by atomic mass is 16.5. The van der Waals surface area contributed by atoms with Crippen LogP contribution in [0.1, 0.15) is 66.4 Å². The zero-order valence-electron chi connectivity index (χ0n) is 24.7. The van der Waals surface area contributed by atoms with Crippen LogP contribution < -0.4 is 9.64 Å². The highest BCUT2D eigenvalue weighted by molar-refractivity contribution is 6.34. The molecule has 0 atom stereocenters. The molecule has 45 heavy (non-hydrogen) atoms. The van der Waals surface area contributed by atoms with Crippen LogP contribution in [0.25, 0.3) is 0 Å². The van der Waals surface area contributed by atoms with Crippen molar-refractivity contribution in [2.75, 3.05) is 11.5 Å². The van der Waals surface area contributed by atoms with Gasteiger partial charge in [-0.3, -0.25) is 14.4 Å². The summed E-state index contributed by atoms with van der Waals surface area (Å²) < 4.78 is 11.2. The van der Waals surface area contributed by atoms with E-state index in [4.69, 9.17) is 9.47 Å². The third-order valence-corrected chi connectivity index (χ3v) is 7.95. The molecule has 7 heteroatoms. The van der Waals surface area contributed by atoms with Gasteiger partial charge in [-0.2, -0.15) is 0 Å². The van der Waals surface area contributed by atoms with Crippen LogP contribution in [-0.2, 0) is 10.2 Å². The van der Waals surface area contributed by atoms with Crippen LogP contribution in [0.15, 0.2) is 127 Å². The highest BCUT2D eigenvalue weighted by Gasteiger charge is 2.37. The molecule has 0 N–H and O–H groups in total. The van der Waals surface area contributed by atoms with Crippen LogP contribution in [0.4, 0.5) is 5.69 Å². The van der Waals surface area contributed by atoms with Crippen molar-refractivity contribution >= 4 is 29.3 Å². The molecule has 2 amide bonds. The molecule has 7 nitrogen and oxygen atoms in total. The van der Waals surface area contributed by atoms with Crippen molar-refractivity contribution in [3.8, 4) is 11.5 Å². The predicted octanol–water partition coefficient (Wildman–Crippen LogP) is 7.65. The Kier molecular flexibility index (Phi) is 7.84. The van der Waals surface area contributed by atoms with E-state index in [1.807, 2.05) is 42.5 Å². The normalized spacial score (nSPS) is 12.5. The summed E-state index contributed by atoms with van der Waals surface area (Å²) in [6.45, 7) is 3.92. The molecular formula is C38H29NO6. The fourth-order valence-corrected chi connectivity index (χ4v) is 5.28. The van der Waals surface area contributed by atoms with E-state index in [9.17, 15) is 19.2 Å². The maximum atomic E-state index is 13.3. The standard InChI is InChI=1S/C38H29NO6/c1-38(2,27-11-7-4-8-12-27)28-14-18-30(19-15-28)45-31-20-16-29(17-21-31)39-35(41)32-22-13-26(23-33(32)36(39)42)37(43)44-24-34(40)25-9-5-3-6-10-25/h3-23H,24H2,1-2H3. The predicted molar refractivity (Wildman–Crippen MR) is 170 cm³/mol. The average molecular weight is 596 g/mol. The second-order valence-electron chi connectivity index (χ2n) is 11.2. The minimum absolute atomic E-state index is 0.0690. The van der Waals surface area contributed by atoms with Crippen molar-refractivity contribution in [2.45, 2.75) is 19.3 Å². The van der Waals surface area contributed by atoms with E-state index in [1.54, 1.807) is 54.6 Å². The summed E-state index contributed by atoms with van der Waals surface area (Å²) in [6.07, 6.45) is 0. The zero-order chi connectivity index (χ0) is 31.6. The number of carbonyl (C=O) groups excluding carboxylic acids is 4. The first-order valence-corrected chi connectivity index (χ1v) is 14.4. The number of hydrogen-bond donors (Lipinski definition) is 0. The number of esters is 1. The van der Waals surface area contributed by atoms with E-state index >= 15 is 0 Å². The van der Waals surface area contributed by atoms with E-state index in [1.165, 1.54) is 23.8 Å². The first-order valence-electron chi connectivity index (χ1n) is 14.4. The van der Waals surface area contributed by atoms with Gasteiger partial charge in [-0.15, -0.1) is 0 Å². The Morgan fingerprint density at radius 1 is 0.622 bits per heavy atom. The number of carbonyl (C=O) groups is 4. The third kappa shape index (κ3) is 5.88. The Morgan fingerprint density at radius 2 is 1.18 bits per heavy atom. The summed E-state index contributed by atoms with van der Waals surface area (Å²) in [4.78, 5) is 52.5. The van der Waals surface area contributed by atoms with Crippen molar-refractivity contribution in [1.82, 2.24) is 0 Å². The van der Waals surface area contributed by atoms with Gasteiger partial charge in [-0.1, -0.05) is 86.6 Å². The van der Waals surface area contributed by atoms with Gasteiger partial charge < -0.3 is 9.47 Å². The smallest absolute Gasteiger partial charge is 0.338 e. The summed E-state index contributed by atoms with van der Waals surface area (Å²) in [5.41, 5.74) is 3.32. The summed E-state index contributed by atoms with van der Waals surface area (Å²) in [6, 6.07) is 37.5. The van der Waals surface area contributed by atoms with Crippen LogP contribution in [0.5, 0.6) is 11.5 Å². The number of ketones is 1. The molecule has 0 unspecified atom stereocenters. The van der Waals surface area contributed by atoms with Gasteiger partial charge in [0.2, 0.25) is 0 Å². The molecule has 6 rings (SSSR count). The van der Waals surface area contributed by atoms with E-state index < -0.39 is 24.4 Å². The van der Waals surface area contributed by atoms with E-state index in [2.05, 4.69) is 26.0 Å². The van der Waals surface area contributed by atoms with Gasteiger partial charge >= 0.3 is 5.97 Å². The van der Waals surface area contributed by atoms with Crippen LogP contribution >= 0.6 is 0 Å². The van der Waals surface area contributed by atoms with Crippen LogP contribution in [0, 0.1) is 0 Å². The van der Waals surface area contributed by atoms with Gasteiger partial charge in [0.25, 0.3) is 11.8 Å². The monoisotopic (exact) mass is 595 g/mol. The van der Waals surface area contributed by atoms with E-state index in [0.29, 0.717) is 22.7 Å². The number of fused-ring (bicyclic) bond motifs is 1. The second-order valence-corrected chi connectivity index (χ2v) is 11.2. The number of hydrogen-bond acceptors (Lipinski definition) is 6. The summed E-state index contributed by atoms with van der Waals surface area (Å²) in [5, 5.41) is 0. The van der Waals surface area contributed by atoms with Crippen molar-refractivity contribution in [3.05, 3.63) is 161 Å². The number of imide groups is 1. The fraction of sp³-hybridized carbons (Fsp3) is 0.105. The van der Waals surface area contributed by atoms with Gasteiger partial charge in [-0.25, -0.2) is 9.69 Å². The molecule has 0 spiro atoms. The summed E-state index contributed by atoms with van der Waals surface area (Å²) in [5.74, 6) is -0.978. The Balaban J connectivity index is 1.11. The van der Waals surface area contributed by atoms with Crippen molar-refractivity contribution < 1.29 is 28.7 Å². The maximum Gasteiger partial charge on any atom is 0.338 e. The van der Waals surface area contributed by atoms with Gasteiger partial charge in [0.15, 0.2) is 12.4 Å². The number of Topliss-reactive ketones (excluding diaryl/α,β-unsaturated/α-hetero) is 1. The van der Waals surface area contributed by atoms with E-state index in [0.717, 1.165) is 10.5 Å². The molecule has 1 aliphatic rings. The Hall–Kier alpha value is -5.82. The second kappa shape index (κ2) is 12.1. The molecule has 0 aliphatic carbocycles. The Labute approximate surface area is 260 Å². The van der Waals surface area contributed by atoms with Gasteiger partial charge in [0, 0.05) is 11.0 Å². The minimum atomic E-state index is -0.765. The number of rotatable bonds is 9. The maximum absolute atomic E-state index is 13.3. The number of nitrogens with zero attached hydrogens (tertiary/aromatic N) is 1. The third-order valence-electron chi connectivity index (χ3n) is 7.95. The fourth-order valence-electron chi connectivity index (χ4n) is 5.28. The lowest BCUT2D eigenvalue weighted by atomic mass is 9.78. The first-order chi connectivity index (χ1) is 21.7. The van der Waals surface area contributed by atoms with Crippen LogP contribution in [0.3, 0.4) is 0 Å². The molecule has 0 aromatic heterocycles. The van der Waals surface area contributed by atoms with Gasteiger partial charge in [0.1, 0.15) is 11.5 Å². The first kappa shape index (κ1) is 29.3. The summed E-state index contributed by atoms with van der Waals surface area (Å²) in [7, 11) is 0. The van der Waals surface area contributed by atoms with Crippen molar-refractivity contribution in [2.24, 2.45) is 0 Å². The molecule has 0 fully saturated rings. The van der Waals surface area contributed by atoms with Crippen molar-refractivity contribution in [1.29, 1.82) is 0 Å².